The van der Waals surface area contributed by atoms with Crippen molar-refractivity contribution in [2.75, 3.05) is 13.6 Å². The van der Waals surface area contributed by atoms with Gasteiger partial charge >= 0.3 is 6.03 Å². The highest BCUT2D eigenvalue weighted by Gasteiger charge is 2.38. The quantitative estimate of drug-likeness (QED) is 0.858. The fourth-order valence-corrected chi connectivity index (χ4v) is 3.39. The number of piperidine rings is 1. The lowest BCUT2D eigenvalue weighted by atomic mass is 9.91. The van der Waals surface area contributed by atoms with Crippen LogP contribution in [0.3, 0.4) is 0 Å². The van der Waals surface area contributed by atoms with E-state index in [2.05, 4.69) is 22.2 Å². The van der Waals surface area contributed by atoms with Crippen molar-refractivity contribution in [1.29, 1.82) is 0 Å². The van der Waals surface area contributed by atoms with Crippen LogP contribution in [-0.2, 0) is 0 Å². The van der Waals surface area contributed by atoms with Crippen LogP contribution in [0, 0.1) is 5.92 Å². The van der Waals surface area contributed by atoms with Gasteiger partial charge < -0.3 is 10.2 Å². The fourth-order valence-electron chi connectivity index (χ4n) is 3.39. The molecule has 3 rings (SSSR count). The molecule has 2 unspecified atom stereocenters. The van der Waals surface area contributed by atoms with Gasteiger partial charge in [-0.2, -0.15) is 0 Å². The predicted molar refractivity (Wildman–Crippen MR) is 68.3 cm³/mol. The van der Waals surface area contributed by atoms with Gasteiger partial charge in [0.05, 0.1) is 0 Å². The maximum atomic E-state index is 11.8. The predicted octanol–water partition coefficient (Wildman–Crippen LogP) is 1.31. The van der Waals surface area contributed by atoms with Gasteiger partial charge in [0.1, 0.15) is 6.33 Å². The molecule has 2 aliphatic heterocycles. The lowest BCUT2D eigenvalue weighted by molar-refractivity contribution is 0.133. The molecule has 0 radical (unpaired) electrons. The van der Waals surface area contributed by atoms with Crippen molar-refractivity contribution in [3.8, 4) is 0 Å². The number of rotatable bonds is 2. The third-order valence-electron chi connectivity index (χ3n) is 4.48. The van der Waals surface area contributed by atoms with Gasteiger partial charge in [-0.15, -0.1) is 0 Å². The highest BCUT2D eigenvalue weighted by atomic mass is 16.2. The van der Waals surface area contributed by atoms with Crippen LogP contribution in [0.4, 0.5) is 4.79 Å². The third-order valence-corrected chi connectivity index (χ3v) is 4.48. The molecule has 1 N–H and O–H groups in total. The molecule has 2 atom stereocenters. The summed E-state index contributed by atoms with van der Waals surface area (Å²) in [5.41, 5.74) is 0. The summed E-state index contributed by atoms with van der Waals surface area (Å²) in [4.78, 5) is 18.2. The largest absolute Gasteiger partial charge is 0.337 e. The van der Waals surface area contributed by atoms with Crippen molar-refractivity contribution in [2.24, 2.45) is 5.92 Å². The molecule has 2 saturated heterocycles. The zero-order valence-electron chi connectivity index (χ0n) is 10.7. The zero-order valence-corrected chi connectivity index (χ0v) is 10.7. The number of amides is 1. The second-order valence-corrected chi connectivity index (χ2v) is 5.54. The van der Waals surface area contributed by atoms with Crippen LogP contribution >= 0.6 is 0 Å². The second-order valence-electron chi connectivity index (χ2n) is 5.54. The number of hydrogen-bond acceptors (Lipinski definition) is 3. The average molecular weight is 248 g/mol. The van der Waals surface area contributed by atoms with Crippen LogP contribution < -0.4 is 5.32 Å². The van der Waals surface area contributed by atoms with E-state index in [1.807, 2.05) is 0 Å². The molecule has 0 saturated carbocycles. The highest BCUT2D eigenvalue weighted by molar-refractivity contribution is 5.76. The van der Waals surface area contributed by atoms with Crippen molar-refractivity contribution in [1.82, 2.24) is 19.8 Å². The first kappa shape index (κ1) is 11.7. The molecule has 5 nitrogen and oxygen atoms in total. The van der Waals surface area contributed by atoms with E-state index >= 15 is 0 Å². The zero-order chi connectivity index (χ0) is 12.5. The summed E-state index contributed by atoms with van der Waals surface area (Å²) >= 11 is 0. The molecule has 3 heterocycles. The molecule has 0 aromatic carbocycles. The van der Waals surface area contributed by atoms with Crippen molar-refractivity contribution in [2.45, 2.75) is 37.8 Å². The summed E-state index contributed by atoms with van der Waals surface area (Å²) in [6.45, 7) is 0.790. The first-order chi connectivity index (χ1) is 8.74. The van der Waals surface area contributed by atoms with Crippen molar-refractivity contribution in [3.63, 3.8) is 0 Å². The fraction of sp³-hybridized carbons (Fsp3) is 0.692. The highest BCUT2D eigenvalue weighted by Crippen LogP contribution is 2.36. The molecule has 1 aromatic heterocycles. The lowest BCUT2D eigenvalue weighted by Crippen LogP contribution is -2.43. The van der Waals surface area contributed by atoms with E-state index in [-0.39, 0.29) is 6.03 Å². The number of imidazole rings is 1. The first-order valence-electron chi connectivity index (χ1n) is 6.72. The SMILES string of the molecule is CN1C2CCC1CC(CNC(=O)n1ccnc1)C2. The van der Waals surface area contributed by atoms with E-state index in [1.165, 1.54) is 36.6 Å². The minimum Gasteiger partial charge on any atom is -0.337 e. The van der Waals surface area contributed by atoms with Gasteiger partial charge in [0.15, 0.2) is 0 Å². The molecule has 18 heavy (non-hydrogen) atoms. The van der Waals surface area contributed by atoms with Crippen LogP contribution in [0.2, 0.25) is 0 Å². The van der Waals surface area contributed by atoms with Gasteiger partial charge in [-0.25, -0.2) is 9.78 Å². The van der Waals surface area contributed by atoms with Crippen molar-refractivity contribution < 1.29 is 4.79 Å². The van der Waals surface area contributed by atoms with E-state index in [0.29, 0.717) is 5.92 Å². The number of nitrogens with one attached hydrogen (secondary N) is 1. The molecule has 1 aromatic rings. The van der Waals surface area contributed by atoms with Crippen molar-refractivity contribution in [3.05, 3.63) is 18.7 Å². The molecule has 98 valence electrons. The second kappa shape index (κ2) is 4.72. The molecule has 2 fully saturated rings. The number of nitrogens with zero attached hydrogens (tertiary/aromatic N) is 3. The minimum atomic E-state index is -0.0706. The normalized spacial score (nSPS) is 31.5. The Balaban J connectivity index is 1.51. The Morgan fingerprint density at radius 3 is 2.72 bits per heavy atom. The van der Waals surface area contributed by atoms with E-state index < -0.39 is 0 Å². The van der Waals surface area contributed by atoms with Crippen LogP contribution in [0.1, 0.15) is 25.7 Å². The monoisotopic (exact) mass is 248 g/mol. The van der Waals surface area contributed by atoms with Crippen molar-refractivity contribution >= 4 is 6.03 Å². The average Bonchev–Trinajstić information content (AvgIpc) is 2.94. The number of hydrogen-bond donors (Lipinski definition) is 1. The van der Waals surface area contributed by atoms with E-state index in [1.54, 1.807) is 12.4 Å². The minimum absolute atomic E-state index is 0.0706. The van der Waals surface area contributed by atoms with Gasteiger partial charge in [-0.1, -0.05) is 0 Å². The summed E-state index contributed by atoms with van der Waals surface area (Å²) in [6, 6.07) is 1.40. The molecule has 2 bridgehead atoms. The van der Waals surface area contributed by atoms with E-state index in [4.69, 9.17) is 0 Å². The van der Waals surface area contributed by atoms with Crippen LogP contribution in [0.5, 0.6) is 0 Å². The van der Waals surface area contributed by atoms with Crippen LogP contribution in [0.25, 0.3) is 0 Å². The Bertz CT molecular complexity index is 403. The van der Waals surface area contributed by atoms with Crippen LogP contribution in [-0.4, -0.2) is 46.2 Å². The Labute approximate surface area is 107 Å². The molecule has 5 heteroatoms. The Kier molecular flexibility index (Phi) is 3.07. The summed E-state index contributed by atoms with van der Waals surface area (Å²) < 4.78 is 1.49. The number of aromatic nitrogens is 2. The van der Waals surface area contributed by atoms with E-state index in [0.717, 1.165) is 18.6 Å². The van der Waals surface area contributed by atoms with Gasteiger partial charge in [-0.3, -0.25) is 4.57 Å². The number of fused-ring (bicyclic) bond motifs is 2. The standard InChI is InChI=1S/C13H20N4O/c1-16-11-2-3-12(16)7-10(6-11)8-15-13(18)17-5-4-14-9-17/h4-5,9-12H,2-3,6-8H2,1H3,(H,15,18). The summed E-state index contributed by atoms with van der Waals surface area (Å²) in [6.07, 6.45) is 9.92. The topological polar surface area (TPSA) is 50.2 Å². The molecule has 0 aliphatic carbocycles. The van der Waals surface area contributed by atoms with Gasteiger partial charge in [0.2, 0.25) is 0 Å². The summed E-state index contributed by atoms with van der Waals surface area (Å²) in [5.74, 6) is 0.631. The third kappa shape index (κ3) is 2.14. The smallest absolute Gasteiger partial charge is 0.326 e. The number of carbonyl (C=O) groups is 1. The molecular weight excluding hydrogens is 228 g/mol. The maximum absolute atomic E-state index is 11.8. The van der Waals surface area contributed by atoms with Crippen LogP contribution in [0.15, 0.2) is 18.7 Å². The Morgan fingerprint density at radius 1 is 1.39 bits per heavy atom. The molecule has 0 spiro atoms. The first-order valence-corrected chi connectivity index (χ1v) is 6.72. The number of carbonyl (C=O) groups excluding carboxylic acids is 1. The van der Waals surface area contributed by atoms with Gasteiger partial charge in [0.25, 0.3) is 0 Å². The Morgan fingerprint density at radius 2 is 2.11 bits per heavy atom. The molecular formula is C13H20N4O. The van der Waals surface area contributed by atoms with Gasteiger partial charge in [0, 0.05) is 31.0 Å². The lowest BCUT2D eigenvalue weighted by Gasteiger charge is -2.36. The Hall–Kier alpha value is -1.36. The molecule has 2 aliphatic rings. The summed E-state index contributed by atoms with van der Waals surface area (Å²) in [5, 5.41) is 3.00. The maximum Gasteiger partial charge on any atom is 0.326 e. The van der Waals surface area contributed by atoms with E-state index in [9.17, 15) is 4.79 Å². The summed E-state index contributed by atoms with van der Waals surface area (Å²) in [7, 11) is 2.24. The van der Waals surface area contributed by atoms with Gasteiger partial charge in [-0.05, 0) is 38.6 Å². The molecule has 1 amide bonds.